The third-order valence-electron chi connectivity index (χ3n) is 2.77. The van der Waals surface area contributed by atoms with E-state index in [1.165, 1.54) is 0 Å². The highest BCUT2D eigenvalue weighted by molar-refractivity contribution is 14.1. The molecule has 1 aliphatic rings. The van der Waals surface area contributed by atoms with Gasteiger partial charge in [-0.05, 0) is 86.8 Å². The molecular weight excluding hydrogens is 585 g/mol. The Kier molecular flexibility index (Phi) is 5.35. The van der Waals surface area contributed by atoms with Crippen molar-refractivity contribution in [2.24, 2.45) is 0 Å². The summed E-state index contributed by atoms with van der Waals surface area (Å²) < 4.78 is 3.24. The van der Waals surface area contributed by atoms with Crippen LogP contribution in [0.3, 0.4) is 0 Å². The molecule has 104 valence electrons. The van der Waals surface area contributed by atoms with Crippen LogP contribution in [0.2, 0.25) is 0 Å². The number of anilines is 1. The van der Waals surface area contributed by atoms with Gasteiger partial charge in [0.1, 0.15) is 0 Å². The number of carbonyl (C=O) groups excluding carboxylic acids is 1. The molecule has 0 saturated carbocycles. The van der Waals surface area contributed by atoms with E-state index in [2.05, 4.69) is 73.1 Å². The van der Waals surface area contributed by atoms with Crippen molar-refractivity contribution in [1.82, 2.24) is 4.90 Å². The van der Waals surface area contributed by atoms with Crippen molar-refractivity contribution in [3.8, 4) is 0 Å². The number of amides is 1. The number of β-amino-alcohol motifs (C(OH)–C–C–N with tert-alkyl or cyclic N) is 1. The molecule has 1 heterocycles. The summed E-state index contributed by atoms with van der Waals surface area (Å²) in [6.07, 6.45) is 0. The Bertz CT molecular complexity index is 489. The molecule has 0 bridgehead atoms. The number of halogens is 3. The monoisotopic (exact) mass is 598 g/mol. The Morgan fingerprint density at radius 2 is 1.89 bits per heavy atom. The molecule has 1 fully saturated rings. The van der Waals surface area contributed by atoms with E-state index >= 15 is 0 Å². The van der Waals surface area contributed by atoms with Gasteiger partial charge in [0.05, 0.1) is 17.8 Å². The van der Waals surface area contributed by atoms with Crippen LogP contribution in [0.25, 0.3) is 0 Å². The first-order chi connectivity index (χ1) is 8.77. The first kappa shape index (κ1) is 16.2. The molecule has 0 radical (unpaired) electrons. The fourth-order valence-electron chi connectivity index (χ4n) is 2.07. The molecule has 1 aromatic carbocycles. The van der Waals surface area contributed by atoms with Crippen LogP contribution in [0.1, 0.15) is 6.92 Å². The lowest BCUT2D eigenvalue weighted by molar-refractivity contribution is -0.125. The van der Waals surface area contributed by atoms with Gasteiger partial charge in [0.15, 0.2) is 0 Å². The predicted octanol–water partition coefficient (Wildman–Crippen LogP) is 2.51. The third kappa shape index (κ3) is 4.38. The fraction of sp³-hybridized carbons (Fsp3) is 0.417. The normalized spacial score (nSPS) is 17.9. The van der Waals surface area contributed by atoms with Gasteiger partial charge in [0, 0.05) is 23.8 Å². The van der Waals surface area contributed by atoms with E-state index < -0.39 is 5.60 Å². The lowest BCUT2D eigenvalue weighted by atomic mass is 9.97. The summed E-state index contributed by atoms with van der Waals surface area (Å²) >= 11 is 6.72. The Morgan fingerprint density at radius 3 is 2.37 bits per heavy atom. The van der Waals surface area contributed by atoms with Crippen molar-refractivity contribution in [2.45, 2.75) is 12.5 Å². The van der Waals surface area contributed by atoms with Gasteiger partial charge in [-0.1, -0.05) is 0 Å². The summed E-state index contributed by atoms with van der Waals surface area (Å²) in [6, 6.07) is 4.07. The SMILES string of the molecule is CC1(O)CN(CC(=O)Nc2c(I)cc(I)cc2I)C1. The average molecular weight is 598 g/mol. The third-order valence-corrected chi connectivity index (χ3v) is 5.09. The molecule has 0 unspecified atom stereocenters. The lowest BCUT2D eigenvalue weighted by Crippen LogP contribution is -2.61. The standard InChI is InChI=1S/C12H13I3N2O2/c1-12(19)5-17(6-12)4-10(18)16-11-8(14)2-7(13)3-9(11)15/h2-3,19H,4-6H2,1H3,(H,16,18). The molecule has 0 spiro atoms. The van der Waals surface area contributed by atoms with Gasteiger partial charge < -0.3 is 10.4 Å². The summed E-state index contributed by atoms with van der Waals surface area (Å²) in [7, 11) is 0. The second-order valence-electron chi connectivity index (χ2n) is 4.93. The van der Waals surface area contributed by atoms with Gasteiger partial charge in [0.25, 0.3) is 0 Å². The molecule has 0 atom stereocenters. The quantitative estimate of drug-likeness (QED) is 0.527. The number of nitrogens with zero attached hydrogens (tertiary/aromatic N) is 1. The van der Waals surface area contributed by atoms with E-state index in [0.717, 1.165) is 16.4 Å². The summed E-state index contributed by atoms with van der Waals surface area (Å²) in [5.74, 6) is -0.0347. The molecule has 1 aromatic rings. The van der Waals surface area contributed by atoms with Crippen molar-refractivity contribution in [2.75, 3.05) is 25.0 Å². The van der Waals surface area contributed by atoms with Gasteiger partial charge in [-0.3, -0.25) is 9.69 Å². The van der Waals surface area contributed by atoms with Crippen LogP contribution in [-0.4, -0.2) is 41.1 Å². The van der Waals surface area contributed by atoms with E-state index in [0.29, 0.717) is 19.6 Å². The van der Waals surface area contributed by atoms with Crippen molar-refractivity contribution in [3.63, 3.8) is 0 Å². The largest absolute Gasteiger partial charge is 0.388 e. The van der Waals surface area contributed by atoms with Gasteiger partial charge in [-0.25, -0.2) is 0 Å². The van der Waals surface area contributed by atoms with Gasteiger partial charge in [-0.2, -0.15) is 0 Å². The molecule has 1 amide bonds. The van der Waals surface area contributed by atoms with Gasteiger partial charge in [-0.15, -0.1) is 0 Å². The summed E-state index contributed by atoms with van der Waals surface area (Å²) in [4.78, 5) is 13.9. The molecule has 7 heteroatoms. The molecule has 2 rings (SSSR count). The molecule has 1 aliphatic heterocycles. The highest BCUT2D eigenvalue weighted by Gasteiger charge is 2.37. The van der Waals surface area contributed by atoms with Crippen LogP contribution in [0.15, 0.2) is 12.1 Å². The first-order valence-corrected chi connectivity index (χ1v) is 8.89. The maximum Gasteiger partial charge on any atom is 0.238 e. The number of aliphatic hydroxyl groups is 1. The zero-order valence-electron chi connectivity index (χ0n) is 10.2. The summed E-state index contributed by atoms with van der Waals surface area (Å²) in [6.45, 7) is 3.23. The first-order valence-electron chi connectivity index (χ1n) is 5.66. The minimum absolute atomic E-state index is 0.0347. The van der Waals surface area contributed by atoms with E-state index in [1.807, 2.05) is 17.0 Å². The van der Waals surface area contributed by atoms with Crippen LogP contribution in [0.5, 0.6) is 0 Å². The highest BCUT2D eigenvalue weighted by Crippen LogP contribution is 2.27. The average Bonchev–Trinajstić information content (AvgIpc) is 2.20. The number of hydrogen-bond donors (Lipinski definition) is 2. The van der Waals surface area contributed by atoms with Gasteiger partial charge in [0.2, 0.25) is 5.91 Å². The summed E-state index contributed by atoms with van der Waals surface area (Å²) in [5.41, 5.74) is 0.241. The predicted molar refractivity (Wildman–Crippen MR) is 100 cm³/mol. The molecular formula is C12H13I3N2O2. The molecule has 4 nitrogen and oxygen atoms in total. The maximum absolute atomic E-state index is 12.0. The zero-order chi connectivity index (χ0) is 14.2. The van der Waals surface area contributed by atoms with Crippen molar-refractivity contribution < 1.29 is 9.90 Å². The highest BCUT2D eigenvalue weighted by atomic mass is 127. The molecule has 0 aliphatic carbocycles. The van der Waals surface area contributed by atoms with E-state index in [9.17, 15) is 9.90 Å². The number of likely N-dealkylation sites (tertiary alicyclic amines) is 1. The molecule has 0 aromatic heterocycles. The Balaban J connectivity index is 1.96. The van der Waals surface area contributed by atoms with Gasteiger partial charge >= 0.3 is 0 Å². The van der Waals surface area contributed by atoms with Crippen molar-refractivity contribution in [3.05, 3.63) is 22.8 Å². The van der Waals surface area contributed by atoms with Crippen LogP contribution in [0.4, 0.5) is 5.69 Å². The van der Waals surface area contributed by atoms with E-state index in [-0.39, 0.29) is 5.91 Å². The van der Waals surface area contributed by atoms with Crippen molar-refractivity contribution in [1.29, 1.82) is 0 Å². The number of rotatable bonds is 3. The number of benzene rings is 1. The van der Waals surface area contributed by atoms with Crippen LogP contribution >= 0.6 is 67.8 Å². The number of nitrogens with one attached hydrogen (secondary N) is 1. The fourth-order valence-corrected chi connectivity index (χ4v) is 5.92. The maximum atomic E-state index is 12.0. The minimum atomic E-state index is -0.633. The molecule has 19 heavy (non-hydrogen) atoms. The van der Waals surface area contributed by atoms with Crippen LogP contribution in [-0.2, 0) is 4.79 Å². The van der Waals surface area contributed by atoms with Crippen LogP contribution in [0, 0.1) is 10.7 Å². The zero-order valence-corrected chi connectivity index (χ0v) is 16.7. The smallest absolute Gasteiger partial charge is 0.238 e. The molecule has 2 N–H and O–H groups in total. The van der Waals surface area contributed by atoms with E-state index in [4.69, 9.17) is 0 Å². The minimum Gasteiger partial charge on any atom is -0.388 e. The summed E-state index contributed by atoms with van der Waals surface area (Å²) in [5, 5.41) is 12.6. The topological polar surface area (TPSA) is 52.6 Å². The number of carbonyl (C=O) groups is 1. The lowest BCUT2D eigenvalue weighted by Gasteiger charge is -2.43. The Labute approximate surface area is 153 Å². The second kappa shape index (κ2) is 6.28. The Morgan fingerprint density at radius 1 is 1.37 bits per heavy atom. The second-order valence-corrected chi connectivity index (χ2v) is 8.50. The van der Waals surface area contributed by atoms with Crippen LogP contribution < -0.4 is 5.32 Å². The Hall–Kier alpha value is 0.800. The number of hydrogen-bond acceptors (Lipinski definition) is 3. The molecule has 1 saturated heterocycles. The van der Waals surface area contributed by atoms with E-state index in [1.54, 1.807) is 6.92 Å². The van der Waals surface area contributed by atoms with Crippen molar-refractivity contribution >= 4 is 79.4 Å².